The summed E-state index contributed by atoms with van der Waals surface area (Å²) in [6, 6.07) is 5.62. The molecule has 430 valence electrons. The molecule has 7 aliphatic carbocycles. The summed E-state index contributed by atoms with van der Waals surface area (Å²) in [6.07, 6.45) is 34.4. The van der Waals surface area contributed by atoms with Gasteiger partial charge in [-0.25, -0.2) is 4.79 Å². The number of dihydropyridines is 2. The predicted octanol–water partition coefficient (Wildman–Crippen LogP) is 8.95. The molecular formula is C67H90N6O7. The van der Waals surface area contributed by atoms with Gasteiger partial charge in [-0.15, -0.1) is 0 Å². The van der Waals surface area contributed by atoms with E-state index >= 15 is 14.4 Å². The summed E-state index contributed by atoms with van der Waals surface area (Å²) in [5.41, 5.74) is 9.34. The Labute approximate surface area is 474 Å². The molecule has 4 bridgehead atoms. The van der Waals surface area contributed by atoms with E-state index in [1.165, 1.54) is 48.8 Å². The number of nitrogens with one attached hydrogen (secondary N) is 5. The first-order valence-electron chi connectivity index (χ1n) is 31.5. The fraction of sp³-hybridized carbons (Fsp3) is 0.657. The van der Waals surface area contributed by atoms with Gasteiger partial charge in [0.05, 0.1) is 25.0 Å². The average molecular weight is 1090 g/mol. The minimum Gasteiger partial charge on any atom is -0.459 e. The minimum atomic E-state index is -2.26. The Kier molecular flexibility index (Phi) is 14.7. The third-order valence-electron chi connectivity index (χ3n) is 22.6. The second-order valence-corrected chi connectivity index (χ2v) is 27.6. The topological polar surface area (TPSA) is 200 Å². The highest BCUT2D eigenvalue weighted by Crippen LogP contribution is 2.63. The Balaban J connectivity index is 0.914. The number of Topliss-reactive ketones (excluding diaryl/α,β-unsaturated/α-hetero) is 2. The lowest BCUT2D eigenvalue weighted by atomic mass is 9.52. The number of epoxide rings is 1. The molecule has 12 aliphatic rings. The van der Waals surface area contributed by atoms with Crippen LogP contribution in [0.25, 0.3) is 0 Å². The number of aliphatic hydroxyl groups is 2. The zero-order chi connectivity index (χ0) is 55.1. The van der Waals surface area contributed by atoms with E-state index in [9.17, 15) is 10.2 Å². The molecule has 0 aromatic heterocycles. The van der Waals surface area contributed by atoms with Crippen LogP contribution in [0, 0.1) is 52.8 Å². The van der Waals surface area contributed by atoms with Crippen LogP contribution in [0.2, 0.25) is 0 Å². The number of esters is 1. The zero-order valence-electron chi connectivity index (χ0n) is 47.9. The second-order valence-electron chi connectivity index (χ2n) is 27.6. The van der Waals surface area contributed by atoms with E-state index in [1.807, 2.05) is 38.4 Å². The fourth-order valence-corrected chi connectivity index (χ4v) is 18.4. The van der Waals surface area contributed by atoms with Gasteiger partial charge < -0.3 is 52.0 Å². The molecule has 5 fully saturated rings. The molecule has 1 unspecified atom stereocenters. The number of carbonyl (C=O) groups is 3. The van der Waals surface area contributed by atoms with Crippen molar-refractivity contribution in [3.8, 4) is 0 Å². The van der Waals surface area contributed by atoms with Crippen LogP contribution in [0.1, 0.15) is 175 Å². The average Bonchev–Trinajstić information content (AvgIpc) is 4.18. The Morgan fingerprint density at radius 3 is 2.61 bits per heavy atom. The van der Waals surface area contributed by atoms with Crippen molar-refractivity contribution in [2.75, 3.05) is 26.7 Å². The van der Waals surface area contributed by atoms with Crippen molar-refractivity contribution in [2.24, 2.45) is 58.5 Å². The number of rotatable bonds is 11. The predicted molar refractivity (Wildman–Crippen MR) is 309 cm³/mol. The number of aliphatic hydroxyl groups excluding tert-OH is 2. The van der Waals surface area contributed by atoms with E-state index in [4.69, 9.17) is 15.2 Å². The third-order valence-corrected chi connectivity index (χ3v) is 22.6. The lowest BCUT2D eigenvalue weighted by Gasteiger charge is -2.58. The maximum Gasteiger partial charge on any atom is 0.350 e. The minimum absolute atomic E-state index is 0.102. The highest BCUT2D eigenvalue weighted by Gasteiger charge is 2.86. The van der Waals surface area contributed by atoms with Gasteiger partial charge in [0.1, 0.15) is 11.9 Å². The Bertz CT molecular complexity index is 2880. The summed E-state index contributed by atoms with van der Waals surface area (Å²) in [5.74, 6) is 1.23. The first-order valence-corrected chi connectivity index (χ1v) is 31.5. The van der Waals surface area contributed by atoms with Gasteiger partial charge in [-0.1, -0.05) is 93.2 Å². The van der Waals surface area contributed by atoms with Gasteiger partial charge >= 0.3 is 5.97 Å². The first-order chi connectivity index (χ1) is 38.7. The molecule has 13 nitrogen and oxygen atoms in total. The van der Waals surface area contributed by atoms with E-state index in [2.05, 4.69) is 63.9 Å². The molecule has 1 aromatic rings. The highest BCUT2D eigenvalue weighted by atomic mass is 16.7. The fourth-order valence-electron chi connectivity index (χ4n) is 18.4. The third kappa shape index (κ3) is 9.48. The first kappa shape index (κ1) is 54.6. The monoisotopic (exact) mass is 1090 g/mol. The molecule has 80 heavy (non-hydrogen) atoms. The van der Waals surface area contributed by atoms with Crippen molar-refractivity contribution >= 4 is 17.5 Å². The van der Waals surface area contributed by atoms with E-state index in [1.54, 1.807) is 6.07 Å². The van der Waals surface area contributed by atoms with Crippen LogP contribution in [0.4, 0.5) is 0 Å². The number of ketones is 2. The van der Waals surface area contributed by atoms with Gasteiger partial charge in [0.25, 0.3) is 5.60 Å². The number of hydrogen-bond donors (Lipinski definition) is 8. The van der Waals surface area contributed by atoms with Gasteiger partial charge in [-0.2, -0.15) is 0 Å². The van der Waals surface area contributed by atoms with Crippen LogP contribution in [0.5, 0.6) is 0 Å². The van der Waals surface area contributed by atoms with Crippen molar-refractivity contribution in [1.82, 2.24) is 26.6 Å². The van der Waals surface area contributed by atoms with Crippen molar-refractivity contribution in [3.63, 3.8) is 0 Å². The quantitative estimate of drug-likeness (QED) is 0.0453. The lowest BCUT2D eigenvalue weighted by Crippen LogP contribution is -2.66. The summed E-state index contributed by atoms with van der Waals surface area (Å²) < 4.78 is 14.2. The molecule has 15 atom stereocenters. The Morgan fingerprint density at radius 1 is 0.950 bits per heavy atom. The molecule has 1 saturated heterocycles. The van der Waals surface area contributed by atoms with E-state index < -0.39 is 46.5 Å². The molecule has 5 heterocycles. The van der Waals surface area contributed by atoms with E-state index in [-0.39, 0.29) is 71.5 Å². The SMILES string of the molecule is CN[C@@H]1C[C@@H]2CC[C@H](C/C(C)=C(\CO)C[C@@]34O[C@@]35C(=O)O[C@@H]3[C@@H]6C[C@@H](O)CC[C@@H]6C[C@]6(NCC7CCCCC7)C=C7C=CC[C@H](CCCC[C@](C)(CC8=CNC(N)C=C8)Cc8cccc(c8C5=O)C4=O)[C@H]7C[C@H]36)C3=CCNC(=C32)N1. The lowest BCUT2D eigenvalue weighted by molar-refractivity contribution is -0.176. The number of fused-ring (bicyclic) bond motifs is 2. The number of nitrogens with two attached hydrogens (primary N) is 1. The second kappa shape index (κ2) is 21.5. The van der Waals surface area contributed by atoms with Gasteiger partial charge in [-0.3, -0.25) is 9.59 Å². The largest absolute Gasteiger partial charge is 0.459 e. The smallest absolute Gasteiger partial charge is 0.350 e. The molecule has 13 heteroatoms. The summed E-state index contributed by atoms with van der Waals surface area (Å²) in [7, 11) is 2.00. The van der Waals surface area contributed by atoms with Crippen LogP contribution in [-0.4, -0.2) is 95.8 Å². The van der Waals surface area contributed by atoms with Crippen LogP contribution in [0.3, 0.4) is 0 Å². The van der Waals surface area contributed by atoms with Crippen LogP contribution in [-0.2, 0) is 20.7 Å². The number of benzene rings is 1. The number of carbonyl (C=O) groups excluding carboxylic acids is 3. The maximum atomic E-state index is 16.4. The van der Waals surface area contributed by atoms with Crippen molar-refractivity contribution in [1.29, 1.82) is 0 Å². The van der Waals surface area contributed by atoms with Gasteiger partial charge in [0, 0.05) is 47.7 Å². The van der Waals surface area contributed by atoms with Crippen LogP contribution >= 0.6 is 0 Å². The highest BCUT2D eigenvalue weighted by molar-refractivity contribution is 6.33. The Hall–Kier alpha value is -4.63. The Morgan fingerprint density at radius 2 is 1.80 bits per heavy atom. The number of hydrogen-bond acceptors (Lipinski definition) is 13. The number of allylic oxidation sites excluding steroid dienone is 8. The maximum absolute atomic E-state index is 16.4. The van der Waals surface area contributed by atoms with E-state index in [0.717, 1.165) is 113 Å². The standard InChI is InChI=1S/C67H90N6O7/c1-39(27-43-19-20-44-28-56(69-3)73-62-58(44)50(43)24-26-70-62)48(38-74)35-66-60(76)51-17-10-16-47-32-64(2,31-41-18-23-55(68)71-36-41)25-8-7-13-42-14-9-15-45-33-65(72-37-40-11-5-4-6-12-40)34-46-21-22-49(75)29-53(46)59(54(65)30-52(42)45)79-63(78)67(66,80-66)61(77)57(47)51/h9-10,15-18,23-24,33,36,40,42-44,46,49,52-56,59,69-75H,4-8,11-14,19-22,25-32,34-35,37-38,68H2,1-3H3/b48-39-/t42-,43+,44-,46+,49-,52+,53+,54+,55?,56-,59+,64+,65+,66-,67-/m0/s1. The summed E-state index contributed by atoms with van der Waals surface area (Å²) in [6.45, 7) is 5.63. The molecule has 9 N–H and O–H groups in total. The molecule has 1 aromatic carbocycles. The van der Waals surface area contributed by atoms with Crippen LogP contribution < -0.4 is 32.3 Å². The molecule has 0 amide bonds. The van der Waals surface area contributed by atoms with Crippen molar-refractivity contribution in [3.05, 3.63) is 117 Å². The van der Waals surface area contributed by atoms with Crippen LogP contribution in [0.15, 0.2) is 100 Å². The molecular weight excluding hydrogens is 1000 g/mol. The summed E-state index contributed by atoms with van der Waals surface area (Å²) >= 11 is 0. The normalized spacial score (nSPS) is 40.5. The summed E-state index contributed by atoms with van der Waals surface area (Å²) in [5, 5.41) is 41.4. The molecule has 4 saturated carbocycles. The number of ether oxygens (including phenoxy) is 2. The van der Waals surface area contributed by atoms with Crippen molar-refractivity contribution in [2.45, 2.75) is 196 Å². The van der Waals surface area contributed by atoms with E-state index in [0.29, 0.717) is 49.0 Å². The summed E-state index contributed by atoms with van der Waals surface area (Å²) in [4.78, 5) is 48.8. The molecule has 5 aliphatic heterocycles. The van der Waals surface area contributed by atoms with Gasteiger partial charge in [0.2, 0.25) is 5.78 Å². The van der Waals surface area contributed by atoms with Gasteiger partial charge in [-0.05, 0) is 204 Å². The van der Waals surface area contributed by atoms with Gasteiger partial charge in [0.15, 0.2) is 11.4 Å². The molecule has 0 radical (unpaired) electrons. The zero-order valence-corrected chi connectivity index (χ0v) is 47.9. The van der Waals surface area contributed by atoms with Crippen molar-refractivity contribution < 1.29 is 34.1 Å². The molecule has 13 rings (SSSR count). The molecule has 1 spiro atoms.